The third kappa shape index (κ3) is 2.15. The second-order valence-electron chi connectivity index (χ2n) is 4.45. The minimum Gasteiger partial charge on any atom is -0.392 e. The van der Waals surface area contributed by atoms with Crippen molar-refractivity contribution in [2.75, 3.05) is 0 Å². The second-order valence-corrected chi connectivity index (χ2v) is 4.45. The van der Waals surface area contributed by atoms with Gasteiger partial charge in [0.25, 0.3) is 0 Å². The van der Waals surface area contributed by atoms with Crippen molar-refractivity contribution in [3.05, 3.63) is 18.0 Å². The zero-order valence-electron chi connectivity index (χ0n) is 8.85. The van der Waals surface area contributed by atoms with E-state index in [2.05, 4.69) is 12.0 Å². The first kappa shape index (κ1) is 9.71. The van der Waals surface area contributed by atoms with Crippen LogP contribution in [0.5, 0.6) is 0 Å². The van der Waals surface area contributed by atoms with Crippen molar-refractivity contribution in [3.63, 3.8) is 0 Å². The number of hydrogen-bond acceptors (Lipinski definition) is 2. The van der Waals surface area contributed by atoms with Gasteiger partial charge in [-0.2, -0.15) is 5.10 Å². The highest BCUT2D eigenvalue weighted by atomic mass is 16.3. The lowest BCUT2D eigenvalue weighted by molar-refractivity contribution is 0.104. The maximum atomic E-state index is 9.94. The molecular formula is C11H18N2O. The predicted octanol–water partition coefficient (Wildman–Crippen LogP) is 1.37. The summed E-state index contributed by atoms with van der Waals surface area (Å²) in [6.07, 6.45) is 4.97. The zero-order chi connectivity index (χ0) is 10.1. The molecule has 1 aromatic rings. The quantitative estimate of drug-likeness (QED) is 0.786. The summed E-state index contributed by atoms with van der Waals surface area (Å²) in [6, 6.07) is 1.98. The molecular weight excluding hydrogens is 176 g/mol. The summed E-state index contributed by atoms with van der Waals surface area (Å²) in [5.41, 5.74) is 0.993. The van der Waals surface area contributed by atoms with Gasteiger partial charge in [0.2, 0.25) is 0 Å². The van der Waals surface area contributed by atoms with Crippen molar-refractivity contribution in [1.82, 2.24) is 9.78 Å². The van der Waals surface area contributed by atoms with Crippen molar-refractivity contribution in [3.8, 4) is 0 Å². The number of aromatic nitrogens is 2. The Hall–Kier alpha value is -0.830. The van der Waals surface area contributed by atoms with Gasteiger partial charge in [0, 0.05) is 19.7 Å². The smallest absolute Gasteiger partial charge is 0.0650 e. The van der Waals surface area contributed by atoms with Gasteiger partial charge < -0.3 is 5.11 Å². The van der Waals surface area contributed by atoms with Crippen molar-refractivity contribution < 1.29 is 5.11 Å². The largest absolute Gasteiger partial charge is 0.392 e. The molecule has 2 rings (SSSR count). The Morgan fingerprint density at radius 3 is 2.86 bits per heavy atom. The van der Waals surface area contributed by atoms with E-state index in [0.717, 1.165) is 11.6 Å². The molecule has 1 aliphatic carbocycles. The van der Waals surface area contributed by atoms with Gasteiger partial charge >= 0.3 is 0 Å². The average molecular weight is 194 g/mol. The number of rotatable bonds is 4. The third-order valence-corrected chi connectivity index (χ3v) is 3.16. The molecule has 2 unspecified atom stereocenters. The Balaban J connectivity index is 1.89. The molecule has 0 radical (unpaired) electrons. The van der Waals surface area contributed by atoms with Gasteiger partial charge in [-0.05, 0) is 30.7 Å². The molecule has 0 spiro atoms. The lowest BCUT2D eigenvalue weighted by atomic mass is 9.96. The molecule has 0 aliphatic heterocycles. The van der Waals surface area contributed by atoms with Crippen molar-refractivity contribution in [1.29, 1.82) is 0 Å². The van der Waals surface area contributed by atoms with E-state index in [9.17, 15) is 5.11 Å². The summed E-state index contributed by atoms with van der Waals surface area (Å²) in [5.74, 6) is 1.19. The highest BCUT2D eigenvalue weighted by Gasteiger charge is 2.32. The summed E-state index contributed by atoms with van der Waals surface area (Å²) in [4.78, 5) is 0. The van der Waals surface area contributed by atoms with Gasteiger partial charge in [0.1, 0.15) is 0 Å². The maximum absolute atomic E-state index is 9.94. The molecule has 0 bridgehead atoms. The molecule has 1 saturated carbocycles. The van der Waals surface area contributed by atoms with Crippen molar-refractivity contribution >= 4 is 0 Å². The summed E-state index contributed by atoms with van der Waals surface area (Å²) < 4.78 is 1.78. The van der Waals surface area contributed by atoms with Crippen LogP contribution in [-0.4, -0.2) is 21.0 Å². The standard InChI is InChI=1S/C11H18N2O/c1-8(9-3-4-9)11(14)7-10-5-6-13(2)12-10/h5-6,8-9,11,14H,3-4,7H2,1-2H3. The Labute approximate surface area is 84.7 Å². The van der Waals surface area contributed by atoms with E-state index in [1.54, 1.807) is 4.68 Å². The van der Waals surface area contributed by atoms with Crippen LogP contribution >= 0.6 is 0 Å². The van der Waals surface area contributed by atoms with Crippen molar-refractivity contribution in [2.45, 2.75) is 32.3 Å². The molecule has 2 atom stereocenters. The van der Waals surface area contributed by atoms with Crippen LogP contribution in [-0.2, 0) is 13.5 Å². The van der Waals surface area contributed by atoms with E-state index in [4.69, 9.17) is 0 Å². The Kier molecular flexibility index (Phi) is 2.59. The van der Waals surface area contributed by atoms with Crippen LogP contribution in [0, 0.1) is 11.8 Å². The Morgan fingerprint density at radius 2 is 2.36 bits per heavy atom. The summed E-state index contributed by atoms with van der Waals surface area (Å²) >= 11 is 0. The second kappa shape index (κ2) is 3.73. The molecule has 14 heavy (non-hydrogen) atoms. The predicted molar refractivity (Wildman–Crippen MR) is 54.8 cm³/mol. The Bertz CT molecular complexity index is 304. The molecule has 1 N–H and O–H groups in total. The number of aliphatic hydroxyl groups excluding tert-OH is 1. The fourth-order valence-corrected chi connectivity index (χ4v) is 1.91. The van der Waals surface area contributed by atoms with Crippen LogP contribution in [0.3, 0.4) is 0 Å². The van der Waals surface area contributed by atoms with E-state index >= 15 is 0 Å². The lowest BCUT2D eigenvalue weighted by Gasteiger charge is -2.16. The van der Waals surface area contributed by atoms with Crippen LogP contribution in [0.4, 0.5) is 0 Å². The van der Waals surface area contributed by atoms with Crippen LogP contribution in [0.1, 0.15) is 25.5 Å². The van der Waals surface area contributed by atoms with Gasteiger partial charge in [0.05, 0.1) is 11.8 Å². The number of aryl methyl sites for hydroxylation is 1. The molecule has 0 amide bonds. The van der Waals surface area contributed by atoms with Gasteiger partial charge in [-0.1, -0.05) is 6.92 Å². The van der Waals surface area contributed by atoms with Crippen LogP contribution in [0.2, 0.25) is 0 Å². The van der Waals surface area contributed by atoms with E-state index in [1.807, 2.05) is 19.3 Å². The number of hydrogen-bond donors (Lipinski definition) is 1. The molecule has 3 heteroatoms. The van der Waals surface area contributed by atoms with E-state index in [1.165, 1.54) is 12.8 Å². The molecule has 1 fully saturated rings. The highest BCUT2D eigenvalue weighted by molar-refractivity contribution is 5.01. The summed E-state index contributed by atoms with van der Waals surface area (Å²) in [5, 5.41) is 14.2. The SMILES string of the molecule is CC(C(O)Cc1ccn(C)n1)C1CC1. The molecule has 78 valence electrons. The van der Waals surface area contributed by atoms with Gasteiger partial charge in [0.15, 0.2) is 0 Å². The van der Waals surface area contributed by atoms with E-state index in [0.29, 0.717) is 12.3 Å². The van der Waals surface area contributed by atoms with E-state index < -0.39 is 0 Å². The molecule has 3 nitrogen and oxygen atoms in total. The lowest BCUT2D eigenvalue weighted by Crippen LogP contribution is -2.22. The molecule has 1 heterocycles. The van der Waals surface area contributed by atoms with Crippen LogP contribution in [0.25, 0.3) is 0 Å². The van der Waals surface area contributed by atoms with Gasteiger partial charge in [-0.15, -0.1) is 0 Å². The summed E-state index contributed by atoms with van der Waals surface area (Å²) in [7, 11) is 1.90. The highest BCUT2D eigenvalue weighted by Crippen LogP contribution is 2.38. The number of nitrogens with zero attached hydrogens (tertiary/aromatic N) is 2. The fourth-order valence-electron chi connectivity index (χ4n) is 1.91. The molecule has 0 aromatic carbocycles. The van der Waals surface area contributed by atoms with Crippen molar-refractivity contribution in [2.24, 2.45) is 18.9 Å². The van der Waals surface area contributed by atoms with E-state index in [-0.39, 0.29) is 6.10 Å². The summed E-state index contributed by atoms with van der Waals surface area (Å²) in [6.45, 7) is 2.14. The van der Waals surface area contributed by atoms with Gasteiger partial charge in [-0.25, -0.2) is 0 Å². The molecule has 1 aliphatic rings. The maximum Gasteiger partial charge on any atom is 0.0650 e. The number of aliphatic hydroxyl groups is 1. The fraction of sp³-hybridized carbons (Fsp3) is 0.727. The monoisotopic (exact) mass is 194 g/mol. The Morgan fingerprint density at radius 1 is 1.64 bits per heavy atom. The minimum atomic E-state index is -0.225. The zero-order valence-corrected chi connectivity index (χ0v) is 8.85. The normalized spacial score (nSPS) is 20.8. The first-order chi connectivity index (χ1) is 6.66. The minimum absolute atomic E-state index is 0.225. The topological polar surface area (TPSA) is 38.0 Å². The van der Waals surface area contributed by atoms with Gasteiger partial charge in [-0.3, -0.25) is 4.68 Å². The average Bonchev–Trinajstić information content (AvgIpc) is 2.91. The third-order valence-electron chi connectivity index (χ3n) is 3.16. The van der Waals surface area contributed by atoms with Crippen LogP contribution in [0.15, 0.2) is 12.3 Å². The first-order valence-electron chi connectivity index (χ1n) is 5.33. The first-order valence-corrected chi connectivity index (χ1v) is 5.33. The molecule has 1 aromatic heterocycles. The molecule has 0 saturated heterocycles. The van der Waals surface area contributed by atoms with Crippen LogP contribution < -0.4 is 0 Å².